The molecular formula is C13H15ClO2S. The van der Waals surface area contributed by atoms with Crippen LogP contribution in [0.5, 0.6) is 5.75 Å². The summed E-state index contributed by atoms with van der Waals surface area (Å²) in [5.41, 5.74) is 1.04. The first kappa shape index (κ1) is 14.1. The average molecular weight is 271 g/mol. The molecule has 0 fully saturated rings. The van der Waals surface area contributed by atoms with Crippen LogP contribution in [0.1, 0.15) is 18.9 Å². The maximum absolute atomic E-state index is 10.7. The minimum Gasteiger partial charge on any atom is -0.495 e. The SMILES string of the molecule is COc1cc(C=CCCSC(C)=O)ccc1Cl. The summed E-state index contributed by atoms with van der Waals surface area (Å²) < 4.78 is 5.13. The van der Waals surface area contributed by atoms with Gasteiger partial charge in [-0.1, -0.05) is 41.6 Å². The van der Waals surface area contributed by atoms with E-state index in [2.05, 4.69) is 0 Å². The lowest BCUT2D eigenvalue weighted by molar-refractivity contribution is -0.109. The molecule has 0 unspecified atom stereocenters. The molecule has 1 aromatic rings. The highest BCUT2D eigenvalue weighted by Gasteiger charge is 1.99. The van der Waals surface area contributed by atoms with Crippen LogP contribution in [-0.4, -0.2) is 18.0 Å². The molecule has 0 saturated heterocycles. The van der Waals surface area contributed by atoms with Crippen molar-refractivity contribution in [3.63, 3.8) is 0 Å². The summed E-state index contributed by atoms with van der Waals surface area (Å²) in [6.07, 6.45) is 4.91. The van der Waals surface area contributed by atoms with Crippen molar-refractivity contribution < 1.29 is 9.53 Å². The zero-order valence-corrected chi connectivity index (χ0v) is 11.5. The van der Waals surface area contributed by atoms with Crippen LogP contribution in [0.2, 0.25) is 5.02 Å². The summed E-state index contributed by atoms with van der Waals surface area (Å²) >= 11 is 7.27. The lowest BCUT2D eigenvalue weighted by Crippen LogP contribution is -1.85. The molecule has 0 radical (unpaired) electrons. The van der Waals surface area contributed by atoms with Crippen molar-refractivity contribution in [2.75, 3.05) is 12.9 Å². The molecule has 2 nitrogen and oxygen atoms in total. The number of allylic oxidation sites excluding steroid dienone is 1. The van der Waals surface area contributed by atoms with Gasteiger partial charge in [0.15, 0.2) is 5.12 Å². The number of rotatable bonds is 5. The van der Waals surface area contributed by atoms with Crippen molar-refractivity contribution in [1.82, 2.24) is 0 Å². The molecule has 0 aromatic heterocycles. The minimum absolute atomic E-state index is 0.159. The minimum atomic E-state index is 0.159. The number of halogens is 1. The fraction of sp³-hybridized carbons (Fsp3) is 0.308. The molecule has 0 atom stereocenters. The first-order valence-corrected chi connectivity index (χ1v) is 6.63. The lowest BCUT2D eigenvalue weighted by Gasteiger charge is -2.03. The smallest absolute Gasteiger partial charge is 0.185 e. The van der Waals surface area contributed by atoms with Crippen LogP contribution >= 0.6 is 23.4 Å². The number of benzene rings is 1. The van der Waals surface area contributed by atoms with E-state index in [0.29, 0.717) is 10.8 Å². The third kappa shape index (κ3) is 5.29. The summed E-state index contributed by atoms with van der Waals surface area (Å²) in [6, 6.07) is 5.63. The third-order valence-corrected chi connectivity index (χ3v) is 3.23. The maximum atomic E-state index is 10.7. The highest BCUT2D eigenvalue weighted by Crippen LogP contribution is 2.25. The number of hydrogen-bond acceptors (Lipinski definition) is 3. The maximum Gasteiger partial charge on any atom is 0.185 e. The van der Waals surface area contributed by atoms with Crippen molar-refractivity contribution in [3.8, 4) is 5.75 Å². The second kappa shape index (κ2) is 7.41. The zero-order chi connectivity index (χ0) is 12.7. The number of ether oxygens (including phenoxy) is 1. The molecule has 0 bridgehead atoms. The third-order valence-electron chi connectivity index (χ3n) is 2.08. The van der Waals surface area contributed by atoms with Gasteiger partial charge in [-0.25, -0.2) is 0 Å². The summed E-state index contributed by atoms with van der Waals surface area (Å²) in [6.45, 7) is 1.58. The second-order valence-electron chi connectivity index (χ2n) is 3.43. The van der Waals surface area contributed by atoms with E-state index in [1.807, 2.05) is 30.4 Å². The number of hydrogen-bond donors (Lipinski definition) is 0. The Bertz CT molecular complexity index is 416. The largest absolute Gasteiger partial charge is 0.495 e. The summed E-state index contributed by atoms with van der Waals surface area (Å²) in [5, 5.41) is 0.767. The van der Waals surface area contributed by atoms with Gasteiger partial charge in [-0.3, -0.25) is 4.79 Å². The standard InChI is InChI=1S/C13H15ClO2S/c1-10(15)17-8-4-3-5-11-6-7-12(14)13(9-11)16-2/h3,5-7,9H,4,8H2,1-2H3. The average Bonchev–Trinajstić information content (AvgIpc) is 2.30. The van der Waals surface area contributed by atoms with Gasteiger partial charge in [-0.15, -0.1) is 0 Å². The molecule has 4 heteroatoms. The van der Waals surface area contributed by atoms with Crippen LogP contribution in [-0.2, 0) is 4.79 Å². The molecule has 92 valence electrons. The van der Waals surface area contributed by atoms with E-state index in [-0.39, 0.29) is 5.12 Å². The van der Waals surface area contributed by atoms with E-state index in [9.17, 15) is 4.79 Å². The van der Waals surface area contributed by atoms with Gasteiger partial charge in [0, 0.05) is 12.7 Å². The van der Waals surface area contributed by atoms with Crippen LogP contribution in [0, 0.1) is 0 Å². The van der Waals surface area contributed by atoms with E-state index < -0.39 is 0 Å². The van der Waals surface area contributed by atoms with Crippen LogP contribution in [0.15, 0.2) is 24.3 Å². The molecule has 0 N–H and O–H groups in total. The van der Waals surface area contributed by atoms with Crippen LogP contribution < -0.4 is 4.74 Å². The number of methoxy groups -OCH3 is 1. The second-order valence-corrected chi connectivity index (χ2v) is 5.10. The van der Waals surface area contributed by atoms with E-state index in [0.717, 1.165) is 17.7 Å². The number of carbonyl (C=O) groups excluding carboxylic acids is 1. The number of thioether (sulfide) groups is 1. The predicted octanol–water partition coefficient (Wildman–Crippen LogP) is 4.03. The molecule has 0 aliphatic rings. The monoisotopic (exact) mass is 270 g/mol. The summed E-state index contributed by atoms with van der Waals surface area (Å²) in [4.78, 5) is 10.7. The van der Waals surface area contributed by atoms with Gasteiger partial charge in [-0.2, -0.15) is 0 Å². The van der Waals surface area contributed by atoms with E-state index in [1.54, 1.807) is 14.0 Å². The fourth-order valence-corrected chi connectivity index (χ4v) is 2.01. The summed E-state index contributed by atoms with van der Waals surface area (Å²) in [5.74, 6) is 1.49. The molecule has 0 saturated carbocycles. The van der Waals surface area contributed by atoms with E-state index in [1.165, 1.54) is 11.8 Å². The zero-order valence-electron chi connectivity index (χ0n) is 9.90. The Morgan fingerprint density at radius 1 is 1.53 bits per heavy atom. The van der Waals surface area contributed by atoms with Crippen LogP contribution in [0.4, 0.5) is 0 Å². The van der Waals surface area contributed by atoms with Crippen molar-refractivity contribution in [2.24, 2.45) is 0 Å². The normalized spacial score (nSPS) is 10.8. The Balaban J connectivity index is 2.50. The van der Waals surface area contributed by atoms with Gasteiger partial charge in [0.1, 0.15) is 5.75 Å². The molecule has 0 aliphatic carbocycles. The lowest BCUT2D eigenvalue weighted by atomic mass is 10.2. The Labute approximate surface area is 111 Å². The van der Waals surface area contributed by atoms with Gasteiger partial charge < -0.3 is 4.74 Å². The highest BCUT2D eigenvalue weighted by molar-refractivity contribution is 8.13. The van der Waals surface area contributed by atoms with Gasteiger partial charge >= 0.3 is 0 Å². The first-order chi connectivity index (χ1) is 8.13. The number of carbonyl (C=O) groups is 1. The first-order valence-electron chi connectivity index (χ1n) is 5.27. The Hall–Kier alpha value is -0.930. The highest BCUT2D eigenvalue weighted by atomic mass is 35.5. The fourth-order valence-electron chi connectivity index (χ4n) is 1.27. The van der Waals surface area contributed by atoms with Crippen molar-refractivity contribution >= 4 is 34.6 Å². The van der Waals surface area contributed by atoms with E-state index in [4.69, 9.17) is 16.3 Å². The Kier molecular flexibility index (Phi) is 6.16. The predicted molar refractivity (Wildman–Crippen MR) is 74.8 cm³/mol. The molecule has 0 heterocycles. The van der Waals surface area contributed by atoms with Crippen LogP contribution in [0.3, 0.4) is 0 Å². The molecule has 1 rings (SSSR count). The van der Waals surface area contributed by atoms with Gasteiger partial charge in [0.25, 0.3) is 0 Å². The molecule has 0 amide bonds. The quantitative estimate of drug-likeness (QED) is 0.756. The molecule has 17 heavy (non-hydrogen) atoms. The van der Waals surface area contributed by atoms with Gasteiger partial charge in [0.05, 0.1) is 12.1 Å². The van der Waals surface area contributed by atoms with Crippen LogP contribution in [0.25, 0.3) is 6.08 Å². The van der Waals surface area contributed by atoms with Crippen molar-refractivity contribution in [2.45, 2.75) is 13.3 Å². The van der Waals surface area contributed by atoms with Crippen molar-refractivity contribution in [3.05, 3.63) is 34.9 Å². The molecule has 0 spiro atoms. The topological polar surface area (TPSA) is 26.3 Å². The Morgan fingerprint density at radius 2 is 2.29 bits per heavy atom. The molecule has 0 aliphatic heterocycles. The van der Waals surface area contributed by atoms with Gasteiger partial charge in [-0.05, 0) is 24.1 Å². The molecular weight excluding hydrogens is 256 g/mol. The van der Waals surface area contributed by atoms with Crippen molar-refractivity contribution in [1.29, 1.82) is 0 Å². The van der Waals surface area contributed by atoms with Gasteiger partial charge in [0.2, 0.25) is 0 Å². The van der Waals surface area contributed by atoms with E-state index >= 15 is 0 Å². The Morgan fingerprint density at radius 3 is 2.94 bits per heavy atom. The summed E-state index contributed by atoms with van der Waals surface area (Å²) in [7, 11) is 1.60. The molecule has 1 aromatic carbocycles.